The summed E-state index contributed by atoms with van der Waals surface area (Å²) in [4.78, 5) is 37.7. The van der Waals surface area contributed by atoms with Gasteiger partial charge in [0.15, 0.2) is 12.4 Å². The summed E-state index contributed by atoms with van der Waals surface area (Å²) < 4.78 is 23.0. The molecule has 9 heteroatoms. The SMILES string of the molecule is CCCCCCCCCC/C=C\CCCCCCCCCCCCCCCCCCCCCCCCCCCCCC(=O)OC(COC(=O)CCCCCCCCCCCCCCCCCCCCCCCCCCCCCCCCCCCCCCCCCC)COC(OCC[N+](C)(C)C)C(=O)[O-]. The van der Waals surface area contributed by atoms with Gasteiger partial charge in [-0.2, -0.15) is 0 Å². The summed E-state index contributed by atoms with van der Waals surface area (Å²) in [6.45, 7) is 4.86. The van der Waals surface area contributed by atoms with Crippen LogP contribution in [0.15, 0.2) is 12.2 Å². The smallest absolute Gasteiger partial charge is 0.306 e. The second-order valence-corrected chi connectivity index (χ2v) is 34.0. The number of esters is 2. The van der Waals surface area contributed by atoms with Gasteiger partial charge in [0.2, 0.25) is 0 Å². The Hall–Kier alpha value is -1.97. The van der Waals surface area contributed by atoms with Crippen molar-refractivity contribution >= 4 is 17.9 Å². The Labute approximate surface area is 650 Å². The molecule has 0 saturated heterocycles. The number of carboxylic acid groups (broad SMARTS) is 1. The Balaban J connectivity index is 3.85. The van der Waals surface area contributed by atoms with Crippen LogP contribution >= 0.6 is 0 Å². The minimum absolute atomic E-state index is 0.153. The van der Waals surface area contributed by atoms with Gasteiger partial charge >= 0.3 is 11.9 Å². The molecular formula is C95H185NO8. The second-order valence-electron chi connectivity index (χ2n) is 34.0. The zero-order valence-electron chi connectivity index (χ0n) is 71.2. The number of carboxylic acids is 1. The number of quaternary nitrogens is 1. The lowest BCUT2D eigenvalue weighted by Crippen LogP contribution is -2.44. The number of aliphatic carboxylic acids is 1. The highest BCUT2D eigenvalue weighted by atomic mass is 16.7. The molecule has 2 atom stereocenters. The predicted molar refractivity (Wildman–Crippen MR) is 450 cm³/mol. The van der Waals surface area contributed by atoms with Crippen LogP contribution < -0.4 is 5.11 Å². The highest BCUT2D eigenvalue weighted by molar-refractivity contribution is 5.70. The summed E-state index contributed by atoms with van der Waals surface area (Å²) in [7, 11) is 5.97. The Morgan fingerprint density at radius 2 is 0.490 bits per heavy atom. The van der Waals surface area contributed by atoms with Gasteiger partial charge in [0.25, 0.3) is 0 Å². The van der Waals surface area contributed by atoms with Crippen LogP contribution in [0.1, 0.15) is 521 Å². The number of hydrogen-bond acceptors (Lipinski definition) is 8. The van der Waals surface area contributed by atoms with Gasteiger partial charge in [-0.05, 0) is 38.5 Å². The van der Waals surface area contributed by atoms with Gasteiger partial charge in [0, 0.05) is 12.8 Å². The Bertz CT molecular complexity index is 1710. The topological polar surface area (TPSA) is 111 Å². The van der Waals surface area contributed by atoms with E-state index in [1.807, 2.05) is 21.1 Å². The van der Waals surface area contributed by atoms with Gasteiger partial charge in [-0.15, -0.1) is 0 Å². The lowest BCUT2D eigenvalue weighted by Gasteiger charge is -2.26. The zero-order chi connectivity index (χ0) is 75.3. The average Bonchev–Trinajstić information content (AvgIpc) is 1.13. The lowest BCUT2D eigenvalue weighted by atomic mass is 10.0. The molecule has 0 aliphatic rings. The van der Waals surface area contributed by atoms with Crippen molar-refractivity contribution in [2.24, 2.45) is 0 Å². The van der Waals surface area contributed by atoms with Crippen LogP contribution in [-0.2, 0) is 33.3 Å². The van der Waals surface area contributed by atoms with Crippen LogP contribution in [0.2, 0.25) is 0 Å². The largest absolute Gasteiger partial charge is 0.545 e. The first-order valence-corrected chi connectivity index (χ1v) is 47.3. The molecule has 2 unspecified atom stereocenters. The van der Waals surface area contributed by atoms with Crippen LogP contribution in [0.25, 0.3) is 0 Å². The van der Waals surface area contributed by atoms with Gasteiger partial charge in [-0.25, -0.2) is 0 Å². The van der Waals surface area contributed by atoms with Gasteiger partial charge in [0.05, 0.1) is 40.3 Å². The number of unbranched alkanes of at least 4 members (excludes halogenated alkanes) is 74. The summed E-state index contributed by atoms with van der Waals surface area (Å²) in [6, 6.07) is 0. The van der Waals surface area contributed by atoms with Crippen LogP contribution in [0.5, 0.6) is 0 Å². The van der Waals surface area contributed by atoms with Crippen molar-refractivity contribution in [3.05, 3.63) is 12.2 Å². The van der Waals surface area contributed by atoms with Gasteiger partial charge in [-0.3, -0.25) is 9.59 Å². The minimum atomic E-state index is -1.62. The Kier molecular flexibility index (Phi) is 85.0. The van der Waals surface area contributed by atoms with Gasteiger partial charge in [0.1, 0.15) is 13.2 Å². The number of rotatable bonds is 91. The number of carbonyl (C=O) groups excluding carboxylic acids is 3. The van der Waals surface area contributed by atoms with Crippen molar-refractivity contribution in [2.75, 3.05) is 47.5 Å². The van der Waals surface area contributed by atoms with Crippen molar-refractivity contribution in [3.8, 4) is 0 Å². The monoisotopic (exact) mass is 1470 g/mol. The molecular weight excluding hydrogens is 1280 g/mol. The molecule has 0 aromatic carbocycles. The van der Waals surface area contributed by atoms with Gasteiger partial charge < -0.3 is 33.3 Å². The van der Waals surface area contributed by atoms with E-state index < -0.39 is 24.3 Å². The normalized spacial score (nSPS) is 12.5. The molecule has 0 fully saturated rings. The third kappa shape index (κ3) is 87.3. The van der Waals surface area contributed by atoms with E-state index in [4.69, 9.17) is 18.9 Å². The molecule has 9 nitrogen and oxygen atoms in total. The molecule has 0 bridgehead atoms. The molecule has 0 rings (SSSR count). The quantitative estimate of drug-likeness (QED) is 0.0195. The van der Waals surface area contributed by atoms with Gasteiger partial charge in [-0.1, -0.05) is 482 Å². The molecule has 0 spiro atoms. The first-order valence-electron chi connectivity index (χ1n) is 47.3. The number of carbonyl (C=O) groups is 3. The van der Waals surface area contributed by atoms with E-state index in [1.54, 1.807) is 0 Å². The molecule has 0 aromatic rings. The maximum absolute atomic E-state index is 13.0. The molecule has 0 heterocycles. The van der Waals surface area contributed by atoms with Crippen LogP contribution in [-0.4, -0.2) is 82.3 Å². The van der Waals surface area contributed by atoms with E-state index >= 15 is 0 Å². The maximum Gasteiger partial charge on any atom is 0.306 e. The Morgan fingerprint density at radius 3 is 0.712 bits per heavy atom. The second kappa shape index (κ2) is 86.6. The predicted octanol–water partition coefficient (Wildman–Crippen LogP) is 29.7. The first kappa shape index (κ1) is 102. The van der Waals surface area contributed by atoms with E-state index in [1.165, 1.54) is 456 Å². The third-order valence-electron chi connectivity index (χ3n) is 22.3. The summed E-state index contributed by atoms with van der Waals surface area (Å²) in [6.07, 6.45) is 109. The van der Waals surface area contributed by atoms with Crippen molar-refractivity contribution in [1.82, 2.24) is 0 Å². The zero-order valence-corrected chi connectivity index (χ0v) is 71.2. The van der Waals surface area contributed by atoms with Crippen LogP contribution in [0.4, 0.5) is 0 Å². The average molecular weight is 1470 g/mol. The number of nitrogens with zero attached hydrogens (tertiary/aromatic N) is 1. The molecule has 618 valence electrons. The minimum Gasteiger partial charge on any atom is -0.545 e. The molecule has 0 N–H and O–H groups in total. The Morgan fingerprint density at radius 1 is 0.279 bits per heavy atom. The molecule has 0 saturated carbocycles. The number of allylic oxidation sites excluding steroid dienone is 2. The molecule has 0 radical (unpaired) electrons. The summed E-state index contributed by atoms with van der Waals surface area (Å²) >= 11 is 0. The summed E-state index contributed by atoms with van der Waals surface area (Å²) in [5.41, 5.74) is 0. The van der Waals surface area contributed by atoms with Crippen LogP contribution in [0.3, 0.4) is 0 Å². The van der Waals surface area contributed by atoms with E-state index in [0.717, 1.165) is 38.5 Å². The fraction of sp³-hybridized carbons (Fsp3) is 0.947. The third-order valence-corrected chi connectivity index (χ3v) is 22.3. The number of hydrogen-bond donors (Lipinski definition) is 0. The van der Waals surface area contributed by atoms with E-state index in [-0.39, 0.29) is 32.2 Å². The molecule has 0 amide bonds. The van der Waals surface area contributed by atoms with E-state index in [0.29, 0.717) is 17.4 Å². The maximum atomic E-state index is 13.0. The lowest BCUT2D eigenvalue weighted by molar-refractivity contribution is -0.870. The fourth-order valence-corrected chi connectivity index (χ4v) is 15.1. The molecule has 0 aliphatic carbocycles. The van der Waals surface area contributed by atoms with Crippen molar-refractivity contribution in [1.29, 1.82) is 0 Å². The first-order chi connectivity index (χ1) is 51.1. The van der Waals surface area contributed by atoms with Crippen LogP contribution in [0, 0.1) is 0 Å². The number of likely N-dealkylation sites (N-methyl/N-ethyl adjacent to an activating group) is 1. The van der Waals surface area contributed by atoms with Crippen molar-refractivity contribution < 1.29 is 42.9 Å². The summed E-state index contributed by atoms with van der Waals surface area (Å²) in [5.74, 6) is -2.24. The molecule has 0 aromatic heterocycles. The standard InChI is InChI=1S/C95H185NO8/c1-6-8-10-12-14-16-18-20-22-24-26-28-30-32-34-36-38-40-42-44-46-48-49-51-53-55-57-59-61-63-65-67-69-71-73-75-77-79-81-83-85-92(97)102-89-91(90-103-95(94(99)100)101-88-87-96(3,4)5)104-93(98)86-84-82-80-78-76-74-72-70-68-66-64-62-60-58-56-54-52-50-47-45-43-41-39-37-35-33-31-29-27-25-23-21-19-17-15-13-11-9-7-2/h25,27,91,95H,6-24,26,28-90H2,1-5H3/b27-25-. The molecule has 0 aliphatic heterocycles. The highest BCUT2D eigenvalue weighted by Gasteiger charge is 2.22. The van der Waals surface area contributed by atoms with Crippen molar-refractivity contribution in [3.63, 3.8) is 0 Å². The molecule has 104 heavy (non-hydrogen) atoms. The van der Waals surface area contributed by atoms with E-state index in [2.05, 4.69) is 26.0 Å². The van der Waals surface area contributed by atoms with E-state index in [9.17, 15) is 19.5 Å². The van der Waals surface area contributed by atoms with Crippen molar-refractivity contribution in [2.45, 2.75) is 533 Å². The highest BCUT2D eigenvalue weighted by Crippen LogP contribution is 2.22. The number of ether oxygens (including phenoxy) is 4. The summed E-state index contributed by atoms with van der Waals surface area (Å²) in [5, 5.41) is 11.9. The fourth-order valence-electron chi connectivity index (χ4n) is 15.1.